The summed E-state index contributed by atoms with van der Waals surface area (Å²) in [6, 6.07) is 0. The quantitative estimate of drug-likeness (QED) is 0.483. The lowest BCUT2D eigenvalue weighted by molar-refractivity contribution is 0.328. The first kappa shape index (κ1) is 11.0. The fraction of sp³-hybridized carbons (Fsp3) is 0.667. The van der Waals surface area contributed by atoms with Crippen molar-refractivity contribution in [2.45, 2.75) is 6.92 Å². The standard InChI is InChI=1S/C6H12N2.H2O3Si/c1-6-4-7(2)5-8(6)3;1-4(2)3/h4H,5H2,1-3H3;1-2H. The van der Waals surface area contributed by atoms with Gasteiger partial charge in [-0.05, 0) is 6.92 Å². The zero-order valence-corrected chi connectivity index (χ0v) is 8.48. The van der Waals surface area contributed by atoms with Gasteiger partial charge in [0.05, 0.1) is 6.67 Å². The molecule has 0 fully saturated rings. The highest BCUT2D eigenvalue weighted by atomic mass is 28.3. The van der Waals surface area contributed by atoms with Gasteiger partial charge in [0.25, 0.3) is 0 Å². The van der Waals surface area contributed by atoms with E-state index in [-0.39, 0.29) is 0 Å². The van der Waals surface area contributed by atoms with Gasteiger partial charge in [-0.15, -0.1) is 0 Å². The van der Waals surface area contributed by atoms with Crippen LogP contribution in [0.15, 0.2) is 11.9 Å². The second-order valence-corrected chi connectivity index (χ2v) is 3.21. The zero-order chi connectivity index (χ0) is 9.72. The topological polar surface area (TPSA) is 64.0 Å². The smallest absolute Gasteiger partial charge is 0.511 e. The Hall–Kier alpha value is -1.04. The second-order valence-electron chi connectivity index (χ2n) is 2.65. The van der Waals surface area contributed by atoms with Gasteiger partial charge in [0, 0.05) is 26.0 Å². The molecule has 2 N–H and O–H groups in total. The van der Waals surface area contributed by atoms with Crippen molar-refractivity contribution in [2.75, 3.05) is 20.8 Å². The molecule has 0 aromatic carbocycles. The Morgan fingerprint density at radius 1 is 1.50 bits per heavy atom. The third-order valence-electron chi connectivity index (χ3n) is 1.44. The molecule has 0 aliphatic carbocycles. The molecule has 12 heavy (non-hydrogen) atoms. The molecule has 0 bridgehead atoms. The Labute approximate surface area is 73.4 Å². The molecule has 0 unspecified atom stereocenters. The minimum Gasteiger partial charge on any atom is -0.511 e. The summed E-state index contributed by atoms with van der Waals surface area (Å²) in [6.07, 6.45) is 2.14. The van der Waals surface area contributed by atoms with Crippen LogP contribution in [0, 0.1) is 0 Å². The minimum atomic E-state index is -3.13. The molecule has 1 aliphatic rings. The fourth-order valence-electron chi connectivity index (χ4n) is 0.904. The van der Waals surface area contributed by atoms with Gasteiger partial charge in [-0.25, -0.2) is 0 Å². The minimum absolute atomic E-state index is 1.03. The first-order valence-electron chi connectivity index (χ1n) is 3.45. The number of rotatable bonds is 0. The summed E-state index contributed by atoms with van der Waals surface area (Å²) < 4.78 is 8.74. The lowest BCUT2D eigenvalue weighted by atomic mass is 10.5. The molecule has 0 aromatic rings. The van der Waals surface area contributed by atoms with E-state index >= 15 is 0 Å². The molecule has 70 valence electrons. The zero-order valence-electron chi connectivity index (χ0n) is 7.48. The van der Waals surface area contributed by atoms with E-state index in [1.54, 1.807) is 0 Å². The van der Waals surface area contributed by atoms with Crippen LogP contribution in [0.2, 0.25) is 0 Å². The van der Waals surface area contributed by atoms with Gasteiger partial charge in [-0.1, -0.05) is 0 Å². The van der Waals surface area contributed by atoms with Crippen molar-refractivity contribution in [3.63, 3.8) is 0 Å². The maximum atomic E-state index is 8.74. The van der Waals surface area contributed by atoms with Gasteiger partial charge in [0.1, 0.15) is 0 Å². The highest BCUT2D eigenvalue weighted by molar-refractivity contribution is 6.22. The number of hydrogen-bond donors (Lipinski definition) is 2. The van der Waals surface area contributed by atoms with Gasteiger partial charge >= 0.3 is 9.17 Å². The van der Waals surface area contributed by atoms with Crippen molar-refractivity contribution >= 4 is 9.17 Å². The third kappa shape index (κ3) is 4.72. The molecular weight excluding hydrogens is 176 g/mol. The van der Waals surface area contributed by atoms with Crippen LogP contribution in [0.5, 0.6) is 0 Å². The molecule has 1 rings (SSSR count). The van der Waals surface area contributed by atoms with Gasteiger partial charge < -0.3 is 19.4 Å². The molecule has 5 nitrogen and oxygen atoms in total. The first-order valence-corrected chi connectivity index (χ1v) is 4.75. The SMILES string of the molecule is CC1=CN(C)CN1C.O=[Si](O)O. The average molecular weight is 190 g/mol. The molecule has 0 spiro atoms. The lowest BCUT2D eigenvalue weighted by Crippen LogP contribution is -2.19. The maximum Gasteiger partial charge on any atom is 0.761 e. The Kier molecular flexibility index (Phi) is 4.34. The van der Waals surface area contributed by atoms with Crippen molar-refractivity contribution in [3.05, 3.63) is 11.9 Å². The first-order chi connectivity index (χ1) is 5.43. The number of hydrogen-bond acceptors (Lipinski definition) is 3. The molecule has 0 amide bonds. The summed E-state index contributed by atoms with van der Waals surface area (Å²) in [6.45, 7) is 3.15. The molecule has 0 saturated heterocycles. The molecule has 1 aliphatic heterocycles. The molecule has 0 radical (unpaired) electrons. The lowest BCUT2D eigenvalue weighted by Gasteiger charge is -2.13. The summed E-state index contributed by atoms with van der Waals surface area (Å²) in [5, 5.41) is 0. The molecule has 0 atom stereocenters. The molecule has 0 aromatic heterocycles. The van der Waals surface area contributed by atoms with E-state index in [1.165, 1.54) is 5.70 Å². The predicted molar refractivity (Wildman–Crippen MR) is 45.0 cm³/mol. The van der Waals surface area contributed by atoms with Gasteiger partial charge in [-0.3, -0.25) is 4.46 Å². The van der Waals surface area contributed by atoms with Gasteiger partial charge in [0.15, 0.2) is 0 Å². The highest BCUT2D eigenvalue weighted by Gasteiger charge is 2.07. The third-order valence-corrected chi connectivity index (χ3v) is 1.44. The van der Waals surface area contributed by atoms with Crippen molar-refractivity contribution in [3.8, 4) is 0 Å². The van der Waals surface area contributed by atoms with Crippen LogP contribution in [-0.2, 0) is 4.46 Å². The van der Waals surface area contributed by atoms with Gasteiger partial charge in [-0.2, -0.15) is 0 Å². The van der Waals surface area contributed by atoms with E-state index in [0.29, 0.717) is 0 Å². The normalized spacial score (nSPS) is 15.1. The largest absolute Gasteiger partial charge is 0.761 e. The predicted octanol–water partition coefficient (Wildman–Crippen LogP) is -0.931. The van der Waals surface area contributed by atoms with Gasteiger partial charge in [0.2, 0.25) is 0 Å². The monoisotopic (exact) mass is 190 g/mol. The van der Waals surface area contributed by atoms with Crippen molar-refractivity contribution in [2.24, 2.45) is 0 Å². The highest BCUT2D eigenvalue weighted by Crippen LogP contribution is 2.08. The Bertz CT molecular complexity index is 191. The van der Waals surface area contributed by atoms with Crippen LogP contribution in [0.3, 0.4) is 0 Å². The summed E-state index contributed by atoms with van der Waals surface area (Å²) in [7, 11) is 1.04. The van der Waals surface area contributed by atoms with Crippen LogP contribution < -0.4 is 0 Å². The van der Waals surface area contributed by atoms with Crippen LogP contribution in [0.4, 0.5) is 0 Å². The van der Waals surface area contributed by atoms with Crippen LogP contribution in [0.25, 0.3) is 0 Å². The average Bonchev–Trinajstić information content (AvgIpc) is 2.08. The molecule has 0 saturated carbocycles. The summed E-state index contributed by atoms with van der Waals surface area (Å²) in [4.78, 5) is 18.7. The van der Waals surface area contributed by atoms with Crippen molar-refractivity contribution < 1.29 is 14.1 Å². The summed E-state index contributed by atoms with van der Waals surface area (Å²) >= 11 is 0. The fourth-order valence-corrected chi connectivity index (χ4v) is 0.904. The Morgan fingerprint density at radius 3 is 2.00 bits per heavy atom. The summed E-state index contributed by atoms with van der Waals surface area (Å²) in [5.74, 6) is 0. The molecule has 1 heterocycles. The number of nitrogens with zero attached hydrogens (tertiary/aromatic N) is 2. The van der Waals surface area contributed by atoms with Crippen LogP contribution >= 0.6 is 0 Å². The Morgan fingerprint density at radius 2 is 1.92 bits per heavy atom. The van der Waals surface area contributed by atoms with E-state index in [1.807, 2.05) is 0 Å². The Balaban J connectivity index is 0.000000261. The van der Waals surface area contributed by atoms with E-state index in [4.69, 9.17) is 14.1 Å². The van der Waals surface area contributed by atoms with E-state index in [0.717, 1.165) is 6.67 Å². The second kappa shape index (κ2) is 4.76. The van der Waals surface area contributed by atoms with E-state index < -0.39 is 9.17 Å². The van der Waals surface area contributed by atoms with Crippen LogP contribution in [-0.4, -0.2) is 49.3 Å². The summed E-state index contributed by atoms with van der Waals surface area (Å²) in [5.41, 5.74) is 1.34. The number of allylic oxidation sites excluding steroid dienone is 1. The maximum absolute atomic E-state index is 8.74. The van der Waals surface area contributed by atoms with Crippen LogP contribution in [0.1, 0.15) is 6.92 Å². The van der Waals surface area contributed by atoms with E-state index in [9.17, 15) is 0 Å². The molecular formula is C6H14N2O3Si. The van der Waals surface area contributed by atoms with Crippen molar-refractivity contribution in [1.82, 2.24) is 9.80 Å². The molecule has 6 heteroatoms. The van der Waals surface area contributed by atoms with Crippen molar-refractivity contribution in [1.29, 1.82) is 0 Å². The van der Waals surface area contributed by atoms with E-state index in [2.05, 4.69) is 37.0 Å².